The van der Waals surface area contributed by atoms with E-state index in [0.29, 0.717) is 27.6 Å². The van der Waals surface area contributed by atoms with E-state index in [1.807, 2.05) is 0 Å². The summed E-state index contributed by atoms with van der Waals surface area (Å²) >= 11 is 0. The average Bonchev–Trinajstić information content (AvgIpc) is 3.86. The first kappa shape index (κ1) is 48.8. The molecular weight excluding hydrogens is 838 g/mol. The average molecular weight is 896 g/mol. The summed E-state index contributed by atoms with van der Waals surface area (Å²) in [5, 5.41) is 30.1. The normalized spacial score (nSPS) is 21.4. The lowest BCUT2D eigenvalue weighted by molar-refractivity contribution is -0.147. The number of hydrogen-bond acceptors (Lipinski definition) is 13. The Morgan fingerprint density at radius 2 is 1.75 bits per heavy atom. The quantitative estimate of drug-likeness (QED) is 0.0691. The fraction of sp³-hybridized carbons (Fsp3) is 0.500. The Labute approximate surface area is 369 Å². The molecule has 5 rings (SSSR count). The van der Waals surface area contributed by atoms with Gasteiger partial charge in [0.05, 0.1) is 30.9 Å². The Balaban J connectivity index is 1.60. The van der Waals surface area contributed by atoms with E-state index in [1.165, 1.54) is 26.2 Å². The maximum absolute atomic E-state index is 15.1. The van der Waals surface area contributed by atoms with Gasteiger partial charge in [-0.2, -0.15) is 0 Å². The smallest absolute Gasteiger partial charge is 0.268 e. The zero-order valence-electron chi connectivity index (χ0n) is 36.6. The molecule has 0 saturated carbocycles. The van der Waals surface area contributed by atoms with Crippen LogP contribution in [0.3, 0.4) is 0 Å². The van der Waals surface area contributed by atoms with E-state index in [9.17, 15) is 38.3 Å². The number of benzene rings is 2. The summed E-state index contributed by atoms with van der Waals surface area (Å²) in [5.74, 6) is -5.71. The summed E-state index contributed by atoms with van der Waals surface area (Å²) in [6.45, 7) is 2.29. The molecule has 0 aliphatic carbocycles. The first-order valence-corrected chi connectivity index (χ1v) is 20.9. The van der Waals surface area contributed by atoms with E-state index in [0.717, 1.165) is 4.90 Å². The van der Waals surface area contributed by atoms with Crippen LogP contribution in [0.25, 0.3) is 10.9 Å². The summed E-state index contributed by atoms with van der Waals surface area (Å²) in [6, 6.07) is 3.34. The summed E-state index contributed by atoms with van der Waals surface area (Å²) < 4.78 is 22.4. The topological polar surface area (TPSA) is 275 Å². The number of carbonyl (C=O) groups is 7. The molecule has 348 valence electrons. The monoisotopic (exact) mass is 895 g/mol. The molecule has 0 radical (unpaired) electrons. The third kappa shape index (κ3) is 12.1. The fourth-order valence-corrected chi connectivity index (χ4v) is 7.67. The number of hydrogen-bond donors (Lipinski definition) is 10. The van der Waals surface area contributed by atoms with E-state index < -0.39 is 102 Å². The number of aliphatic hydroxyl groups is 1. The highest BCUT2D eigenvalue weighted by Crippen LogP contribution is 2.27. The number of nitrogens with zero attached hydrogens (tertiary/aromatic N) is 2. The van der Waals surface area contributed by atoms with Crippen molar-refractivity contribution in [2.24, 2.45) is 0 Å². The SMILES string of the molecule is CNC[C@@H](NC(=O)[C@H](C)NC)C(=O)N[C@H]1Cc2cccc(c2)CNC(=O)CO[C@H]2CCN(C(=O)[C@H](Cc3cn(NC)c4ccc(F)cc34)NC1=O)[C@@H]2C(=O)N[C@H](C(=O)NOC)[C@@H](C)O. The van der Waals surface area contributed by atoms with Crippen LogP contribution in [0.5, 0.6) is 0 Å². The maximum atomic E-state index is 15.1. The molecule has 2 aliphatic heterocycles. The van der Waals surface area contributed by atoms with Crippen molar-refractivity contribution >= 4 is 52.3 Å². The number of amides is 7. The van der Waals surface area contributed by atoms with Gasteiger partial charge in [-0.3, -0.25) is 43.1 Å². The Bertz CT molecular complexity index is 2190. The van der Waals surface area contributed by atoms with Crippen LogP contribution in [0.1, 0.15) is 37.0 Å². The van der Waals surface area contributed by atoms with Crippen LogP contribution in [0.4, 0.5) is 4.39 Å². The maximum Gasteiger partial charge on any atom is 0.268 e. The van der Waals surface area contributed by atoms with E-state index >= 15 is 4.79 Å². The molecule has 0 spiro atoms. The standard InChI is InChI=1S/C42H58FN11O10/c1-22(45-4)37(57)50-31(19-44-3)39(59)48-29-15-24-8-7-9-25(14-24)18-47-34(56)21-64-33-12-13-53(36(33)41(61)51-35(23(2)55)40(60)52-63-6)42(62)30(49-38(29)58)16-26-20-54(46-5)32-11-10-27(43)17-28(26)32/h7-11,14,17,20,22-23,29-31,33,35-36,44-46,55H,12-13,15-16,18-19,21H2,1-6H3,(H,47,56)(H,48,59)(H,49,58)(H,50,57)(H,51,61)(H,52,60)/t22-,23+,29-,30-,31+,33-,35-,36-/m0/s1. The number of halogens is 1. The predicted molar refractivity (Wildman–Crippen MR) is 230 cm³/mol. The zero-order chi connectivity index (χ0) is 46.7. The Hall–Kier alpha value is -6.20. The second kappa shape index (κ2) is 22.4. The summed E-state index contributed by atoms with van der Waals surface area (Å²) in [7, 11) is 5.98. The number of aromatic nitrogens is 1. The van der Waals surface area contributed by atoms with Crippen molar-refractivity contribution in [2.45, 2.75) is 88.1 Å². The molecule has 10 N–H and O–H groups in total. The number of hydroxylamine groups is 1. The molecule has 2 aliphatic rings. The highest BCUT2D eigenvalue weighted by Gasteiger charge is 2.46. The molecule has 1 aromatic heterocycles. The van der Waals surface area contributed by atoms with Crippen molar-refractivity contribution < 1.29 is 52.6 Å². The first-order valence-electron chi connectivity index (χ1n) is 20.9. The molecule has 2 aromatic carbocycles. The number of carbonyl (C=O) groups excluding carboxylic acids is 7. The number of likely N-dealkylation sites (N-methyl/N-ethyl adjacent to an activating group) is 2. The molecule has 7 amide bonds. The minimum absolute atomic E-state index is 0.00454. The van der Waals surface area contributed by atoms with Crippen LogP contribution in [0.15, 0.2) is 48.7 Å². The molecule has 8 atom stereocenters. The van der Waals surface area contributed by atoms with Crippen molar-refractivity contribution in [3.8, 4) is 0 Å². The number of nitrogens with one attached hydrogen (secondary N) is 9. The van der Waals surface area contributed by atoms with Gasteiger partial charge in [0.2, 0.25) is 35.4 Å². The highest BCUT2D eigenvalue weighted by atomic mass is 19.1. The minimum atomic E-state index is -1.55. The molecule has 3 heterocycles. The van der Waals surface area contributed by atoms with Crippen LogP contribution in [0.2, 0.25) is 0 Å². The lowest BCUT2D eigenvalue weighted by atomic mass is 10.00. The zero-order valence-corrected chi connectivity index (χ0v) is 36.6. The van der Waals surface area contributed by atoms with Crippen LogP contribution >= 0.6 is 0 Å². The molecule has 1 fully saturated rings. The van der Waals surface area contributed by atoms with Gasteiger partial charge in [-0.1, -0.05) is 24.3 Å². The largest absolute Gasteiger partial charge is 0.391 e. The van der Waals surface area contributed by atoms with Crippen molar-refractivity contribution in [1.29, 1.82) is 0 Å². The van der Waals surface area contributed by atoms with Crippen molar-refractivity contribution in [2.75, 3.05) is 53.4 Å². The Kier molecular flexibility index (Phi) is 17.1. The highest BCUT2D eigenvalue weighted by molar-refractivity contribution is 5.98. The molecule has 21 nitrogen and oxygen atoms in total. The van der Waals surface area contributed by atoms with Crippen molar-refractivity contribution in [3.05, 3.63) is 71.2 Å². The van der Waals surface area contributed by atoms with Gasteiger partial charge >= 0.3 is 0 Å². The van der Waals surface area contributed by atoms with Crippen LogP contribution in [0, 0.1) is 5.82 Å². The van der Waals surface area contributed by atoms with Gasteiger partial charge in [-0.25, -0.2) is 9.87 Å². The van der Waals surface area contributed by atoms with Gasteiger partial charge in [0.25, 0.3) is 5.91 Å². The van der Waals surface area contributed by atoms with Gasteiger partial charge in [0.1, 0.15) is 42.6 Å². The van der Waals surface area contributed by atoms with Gasteiger partial charge in [0, 0.05) is 51.1 Å². The second-order valence-corrected chi connectivity index (χ2v) is 15.7. The third-order valence-corrected chi connectivity index (χ3v) is 11.1. The number of fused-ring (bicyclic) bond motifs is 5. The predicted octanol–water partition coefficient (Wildman–Crippen LogP) is -2.82. The lowest BCUT2D eigenvalue weighted by Gasteiger charge is -2.32. The summed E-state index contributed by atoms with van der Waals surface area (Å²) in [5.41, 5.74) is 7.26. The number of rotatable bonds is 15. The van der Waals surface area contributed by atoms with Crippen molar-refractivity contribution in [3.63, 3.8) is 0 Å². The van der Waals surface area contributed by atoms with Crippen LogP contribution < -0.4 is 48.1 Å². The summed E-state index contributed by atoms with van der Waals surface area (Å²) in [6.07, 6.45) is -1.23. The third-order valence-electron chi connectivity index (χ3n) is 11.1. The first-order chi connectivity index (χ1) is 30.6. The van der Waals surface area contributed by atoms with Crippen LogP contribution in [-0.4, -0.2) is 152 Å². The van der Waals surface area contributed by atoms with E-state index in [2.05, 4.69) is 48.1 Å². The Morgan fingerprint density at radius 1 is 1.00 bits per heavy atom. The van der Waals surface area contributed by atoms with Gasteiger partial charge in [-0.05, 0) is 69.3 Å². The Morgan fingerprint density at radius 3 is 2.44 bits per heavy atom. The molecule has 22 heteroatoms. The molecule has 1 saturated heterocycles. The molecule has 3 aromatic rings. The minimum Gasteiger partial charge on any atom is -0.391 e. The summed E-state index contributed by atoms with van der Waals surface area (Å²) in [4.78, 5) is 103. The van der Waals surface area contributed by atoms with Crippen LogP contribution in [-0.2, 0) is 62.5 Å². The van der Waals surface area contributed by atoms with E-state index in [1.54, 1.807) is 69.3 Å². The lowest BCUT2D eigenvalue weighted by Crippen LogP contribution is -2.62. The van der Waals surface area contributed by atoms with Gasteiger partial charge in [-0.15, -0.1) is 0 Å². The number of aliphatic hydroxyl groups excluding tert-OH is 1. The van der Waals surface area contributed by atoms with E-state index in [4.69, 9.17) is 9.57 Å². The van der Waals surface area contributed by atoms with Gasteiger partial charge < -0.3 is 57.4 Å². The fourth-order valence-electron chi connectivity index (χ4n) is 7.67. The molecular formula is C42H58FN11O10. The van der Waals surface area contributed by atoms with Crippen molar-refractivity contribution in [1.82, 2.24) is 52.3 Å². The number of ether oxygens (including phenoxy) is 1. The van der Waals surface area contributed by atoms with E-state index in [-0.39, 0.29) is 38.9 Å². The molecule has 0 unspecified atom stereocenters. The second-order valence-electron chi connectivity index (χ2n) is 15.7. The van der Waals surface area contributed by atoms with Gasteiger partial charge in [0.15, 0.2) is 0 Å². The molecule has 64 heavy (non-hydrogen) atoms. The molecule has 4 bridgehead atoms.